The van der Waals surface area contributed by atoms with E-state index in [1.54, 1.807) is 4.90 Å². The van der Waals surface area contributed by atoms with E-state index in [1.807, 2.05) is 13.8 Å². The molecule has 4 nitrogen and oxygen atoms in total. The molecule has 1 heterocycles. The number of carbonyl (C=O) groups excluding carboxylic acids is 1. The van der Waals surface area contributed by atoms with Gasteiger partial charge in [0, 0.05) is 31.9 Å². The van der Waals surface area contributed by atoms with Crippen LogP contribution in [0, 0.1) is 5.92 Å². The first-order chi connectivity index (χ1) is 10.5. The van der Waals surface area contributed by atoms with Gasteiger partial charge in [-0.2, -0.15) is 0 Å². The number of rotatable bonds is 4. The predicted octanol–water partition coefficient (Wildman–Crippen LogP) is 3.72. The van der Waals surface area contributed by atoms with E-state index in [0.717, 1.165) is 26.2 Å². The number of ether oxygens (including phenoxy) is 1. The van der Waals surface area contributed by atoms with Gasteiger partial charge in [-0.15, -0.1) is 0 Å². The van der Waals surface area contributed by atoms with Crippen molar-refractivity contribution < 1.29 is 9.53 Å². The van der Waals surface area contributed by atoms with Crippen LogP contribution in [0.5, 0.6) is 0 Å². The van der Waals surface area contributed by atoms with Crippen molar-refractivity contribution in [1.82, 2.24) is 4.90 Å². The third-order valence-corrected chi connectivity index (χ3v) is 4.00. The fourth-order valence-corrected chi connectivity index (χ4v) is 2.55. The van der Waals surface area contributed by atoms with Gasteiger partial charge in [0.25, 0.3) is 0 Å². The third kappa shape index (κ3) is 4.39. The van der Waals surface area contributed by atoms with Crippen molar-refractivity contribution in [3.63, 3.8) is 0 Å². The molecular weight excluding hydrogens is 276 g/mol. The summed E-state index contributed by atoms with van der Waals surface area (Å²) in [5.41, 5.74) is 2.60. The van der Waals surface area contributed by atoms with E-state index in [2.05, 4.69) is 43.0 Å². The Morgan fingerprint density at radius 2 is 1.64 bits per heavy atom. The largest absolute Gasteiger partial charge is 0.449 e. The predicted molar refractivity (Wildman–Crippen MR) is 90.5 cm³/mol. The van der Waals surface area contributed by atoms with Crippen LogP contribution in [0.3, 0.4) is 0 Å². The molecule has 0 atom stereocenters. The van der Waals surface area contributed by atoms with Gasteiger partial charge in [-0.1, -0.05) is 39.8 Å². The van der Waals surface area contributed by atoms with Gasteiger partial charge in [0.2, 0.25) is 0 Å². The summed E-state index contributed by atoms with van der Waals surface area (Å²) in [5, 5.41) is 0. The van der Waals surface area contributed by atoms with Crippen LogP contribution in [0.15, 0.2) is 24.3 Å². The molecule has 0 aromatic heterocycles. The van der Waals surface area contributed by atoms with E-state index in [4.69, 9.17) is 4.74 Å². The van der Waals surface area contributed by atoms with Crippen molar-refractivity contribution in [2.45, 2.75) is 33.6 Å². The van der Waals surface area contributed by atoms with Crippen LogP contribution in [0.1, 0.15) is 39.2 Å². The Morgan fingerprint density at radius 1 is 1.05 bits per heavy atom. The minimum atomic E-state index is -0.177. The molecule has 0 aliphatic carbocycles. The van der Waals surface area contributed by atoms with E-state index in [-0.39, 0.29) is 6.09 Å². The van der Waals surface area contributed by atoms with Gasteiger partial charge < -0.3 is 14.5 Å². The molecule has 1 aliphatic rings. The summed E-state index contributed by atoms with van der Waals surface area (Å²) >= 11 is 0. The molecule has 2 rings (SSSR count). The lowest BCUT2D eigenvalue weighted by Crippen LogP contribution is -2.49. The van der Waals surface area contributed by atoms with Gasteiger partial charge in [-0.3, -0.25) is 0 Å². The molecule has 0 saturated carbocycles. The highest BCUT2D eigenvalue weighted by Gasteiger charge is 2.22. The molecule has 1 amide bonds. The van der Waals surface area contributed by atoms with Crippen LogP contribution in [-0.2, 0) is 4.74 Å². The topological polar surface area (TPSA) is 32.8 Å². The minimum absolute atomic E-state index is 0.177. The van der Waals surface area contributed by atoms with Crippen LogP contribution in [0.2, 0.25) is 0 Å². The standard InChI is InChI=1S/C18H28N2O2/c1-14(2)13-22-18(21)20-11-9-19(10-12-20)17-7-5-16(6-8-17)15(3)4/h5-8,14-15H,9-13H2,1-4H3. The number of hydrogen-bond donors (Lipinski definition) is 0. The maximum absolute atomic E-state index is 12.0. The second kappa shape index (κ2) is 7.52. The lowest BCUT2D eigenvalue weighted by atomic mass is 10.0. The van der Waals surface area contributed by atoms with E-state index >= 15 is 0 Å². The van der Waals surface area contributed by atoms with Crippen molar-refractivity contribution in [3.8, 4) is 0 Å². The normalized spacial score (nSPS) is 15.5. The van der Waals surface area contributed by atoms with Crippen LogP contribution < -0.4 is 4.90 Å². The smallest absolute Gasteiger partial charge is 0.409 e. The third-order valence-electron chi connectivity index (χ3n) is 4.00. The first kappa shape index (κ1) is 16.7. The summed E-state index contributed by atoms with van der Waals surface area (Å²) in [6, 6.07) is 8.76. The first-order valence-corrected chi connectivity index (χ1v) is 8.24. The molecule has 0 N–H and O–H groups in total. The fraction of sp³-hybridized carbons (Fsp3) is 0.611. The summed E-state index contributed by atoms with van der Waals surface area (Å²) in [6.07, 6.45) is -0.177. The van der Waals surface area contributed by atoms with E-state index in [0.29, 0.717) is 18.4 Å². The van der Waals surface area contributed by atoms with Crippen LogP contribution in [-0.4, -0.2) is 43.8 Å². The van der Waals surface area contributed by atoms with Crippen molar-refractivity contribution in [3.05, 3.63) is 29.8 Å². The van der Waals surface area contributed by atoms with Crippen molar-refractivity contribution in [1.29, 1.82) is 0 Å². The fourth-order valence-electron chi connectivity index (χ4n) is 2.55. The van der Waals surface area contributed by atoms with Crippen LogP contribution in [0.25, 0.3) is 0 Å². The van der Waals surface area contributed by atoms with Crippen molar-refractivity contribution in [2.75, 3.05) is 37.7 Å². The molecule has 4 heteroatoms. The zero-order valence-corrected chi connectivity index (χ0v) is 14.2. The monoisotopic (exact) mass is 304 g/mol. The average Bonchev–Trinajstić information content (AvgIpc) is 2.53. The molecule has 0 radical (unpaired) electrons. The Labute approximate surface area is 134 Å². The Bertz CT molecular complexity index is 474. The molecule has 22 heavy (non-hydrogen) atoms. The average molecular weight is 304 g/mol. The molecule has 1 saturated heterocycles. The lowest BCUT2D eigenvalue weighted by Gasteiger charge is -2.35. The summed E-state index contributed by atoms with van der Waals surface area (Å²) in [7, 11) is 0. The number of anilines is 1. The van der Waals surface area contributed by atoms with Crippen molar-refractivity contribution >= 4 is 11.8 Å². The quantitative estimate of drug-likeness (QED) is 0.850. The summed E-state index contributed by atoms with van der Waals surface area (Å²) in [5.74, 6) is 0.936. The summed E-state index contributed by atoms with van der Waals surface area (Å²) in [4.78, 5) is 16.1. The molecule has 1 aromatic rings. The second-order valence-electron chi connectivity index (χ2n) is 6.69. The molecule has 0 unspecified atom stereocenters. The molecule has 1 aromatic carbocycles. The minimum Gasteiger partial charge on any atom is -0.449 e. The molecule has 0 bridgehead atoms. The Balaban J connectivity index is 1.85. The number of benzene rings is 1. The Kier molecular flexibility index (Phi) is 5.69. The van der Waals surface area contributed by atoms with E-state index < -0.39 is 0 Å². The highest BCUT2D eigenvalue weighted by atomic mass is 16.6. The molecule has 1 fully saturated rings. The number of hydrogen-bond acceptors (Lipinski definition) is 3. The second-order valence-corrected chi connectivity index (χ2v) is 6.69. The molecule has 0 spiro atoms. The van der Waals surface area contributed by atoms with Gasteiger partial charge in [0.1, 0.15) is 0 Å². The number of amides is 1. The van der Waals surface area contributed by atoms with Crippen LogP contribution >= 0.6 is 0 Å². The summed E-state index contributed by atoms with van der Waals surface area (Å²) in [6.45, 7) is 12.2. The van der Waals surface area contributed by atoms with Gasteiger partial charge >= 0.3 is 6.09 Å². The Hall–Kier alpha value is -1.71. The number of carbonyl (C=O) groups is 1. The lowest BCUT2D eigenvalue weighted by molar-refractivity contribution is 0.0901. The highest BCUT2D eigenvalue weighted by Crippen LogP contribution is 2.21. The maximum Gasteiger partial charge on any atom is 0.409 e. The van der Waals surface area contributed by atoms with Crippen molar-refractivity contribution in [2.24, 2.45) is 5.92 Å². The Morgan fingerprint density at radius 3 is 2.14 bits per heavy atom. The van der Waals surface area contributed by atoms with Gasteiger partial charge in [0.15, 0.2) is 0 Å². The van der Waals surface area contributed by atoms with Gasteiger partial charge in [0.05, 0.1) is 6.61 Å². The highest BCUT2D eigenvalue weighted by molar-refractivity contribution is 5.68. The molecular formula is C18H28N2O2. The van der Waals surface area contributed by atoms with E-state index in [9.17, 15) is 4.79 Å². The first-order valence-electron chi connectivity index (χ1n) is 8.24. The maximum atomic E-state index is 12.0. The molecule has 122 valence electrons. The number of piperazine rings is 1. The molecule has 1 aliphatic heterocycles. The van der Waals surface area contributed by atoms with Crippen LogP contribution in [0.4, 0.5) is 10.5 Å². The zero-order chi connectivity index (χ0) is 16.1. The summed E-state index contributed by atoms with van der Waals surface area (Å²) < 4.78 is 5.29. The van der Waals surface area contributed by atoms with E-state index in [1.165, 1.54) is 11.3 Å². The van der Waals surface area contributed by atoms with Gasteiger partial charge in [-0.25, -0.2) is 4.79 Å². The SMILES string of the molecule is CC(C)COC(=O)N1CCN(c2ccc(C(C)C)cc2)CC1. The number of nitrogens with zero attached hydrogens (tertiary/aromatic N) is 2. The zero-order valence-electron chi connectivity index (χ0n) is 14.2. The van der Waals surface area contributed by atoms with Gasteiger partial charge in [-0.05, 0) is 29.5 Å².